The van der Waals surface area contributed by atoms with E-state index in [1.165, 1.54) is 0 Å². The fraction of sp³-hybridized carbons (Fsp3) is 0.467. The number of hydrogen-bond acceptors (Lipinski definition) is 2. The highest BCUT2D eigenvalue weighted by atomic mass is 16.4. The average Bonchev–Trinajstić information content (AvgIpc) is 3.21. The van der Waals surface area contributed by atoms with Crippen LogP contribution in [0, 0.1) is 12.8 Å². The van der Waals surface area contributed by atoms with Crippen molar-refractivity contribution in [1.82, 2.24) is 10.6 Å². The average molecular weight is 276 g/mol. The lowest BCUT2D eigenvalue weighted by molar-refractivity contribution is -0.137. The van der Waals surface area contributed by atoms with Crippen molar-refractivity contribution in [3.8, 4) is 0 Å². The molecule has 1 saturated carbocycles. The van der Waals surface area contributed by atoms with Crippen molar-refractivity contribution in [2.45, 2.75) is 38.8 Å². The number of hydrogen-bond donors (Lipinski definition) is 3. The zero-order valence-corrected chi connectivity index (χ0v) is 11.6. The number of carbonyl (C=O) groups is 2. The first-order valence-corrected chi connectivity index (χ1v) is 6.87. The van der Waals surface area contributed by atoms with Crippen molar-refractivity contribution in [3.05, 3.63) is 35.4 Å². The molecule has 2 rings (SSSR count). The summed E-state index contributed by atoms with van der Waals surface area (Å²) in [6.45, 7) is 2.44. The first-order chi connectivity index (χ1) is 9.56. The largest absolute Gasteiger partial charge is 0.481 e. The Morgan fingerprint density at radius 2 is 2.05 bits per heavy atom. The maximum atomic E-state index is 11.8. The molecule has 108 valence electrons. The second-order valence-electron chi connectivity index (χ2n) is 5.30. The van der Waals surface area contributed by atoms with Crippen molar-refractivity contribution in [2.24, 2.45) is 5.92 Å². The van der Waals surface area contributed by atoms with Gasteiger partial charge in [0.15, 0.2) is 0 Å². The van der Waals surface area contributed by atoms with Crippen LogP contribution in [0.4, 0.5) is 4.79 Å². The number of aryl methyl sites for hydroxylation is 1. The fourth-order valence-corrected chi connectivity index (χ4v) is 2.23. The van der Waals surface area contributed by atoms with Gasteiger partial charge in [0.25, 0.3) is 0 Å². The highest BCUT2D eigenvalue weighted by Crippen LogP contribution is 2.33. The Hall–Kier alpha value is -2.04. The van der Waals surface area contributed by atoms with E-state index in [0.717, 1.165) is 24.0 Å². The molecule has 0 saturated heterocycles. The molecule has 2 amide bonds. The number of rotatable bonds is 6. The van der Waals surface area contributed by atoms with Gasteiger partial charge in [-0.3, -0.25) is 4.79 Å². The van der Waals surface area contributed by atoms with Crippen LogP contribution in [0.15, 0.2) is 24.3 Å². The summed E-state index contributed by atoms with van der Waals surface area (Å²) in [5, 5.41) is 14.4. The highest BCUT2D eigenvalue weighted by Gasteiger charge is 2.33. The van der Waals surface area contributed by atoms with Gasteiger partial charge in [-0.05, 0) is 36.8 Å². The van der Waals surface area contributed by atoms with Crippen LogP contribution in [0.1, 0.15) is 30.4 Å². The molecule has 0 radical (unpaired) electrons. The molecule has 1 aromatic carbocycles. The summed E-state index contributed by atoms with van der Waals surface area (Å²) in [5.74, 6) is -0.559. The monoisotopic (exact) mass is 276 g/mol. The number of benzene rings is 1. The number of urea groups is 1. The lowest BCUT2D eigenvalue weighted by atomic mass is 10.1. The van der Waals surface area contributed by atoms with Gasteiger partial charge in [0.2, 0.25) is 0 Å². The van der Waals surface area contributed by atoms with Gasteiger partial charge in [0, 0.05) is 12.6 Å². The van der Waals surface area contributed by atoms with Crippen LogP contribution >= 0.6 is 0 Å². The van der Waals surface area contributed by atoms with Crippen molar-refractivity contribution in [1.29, 1.82) is 0 Å². The summed E-state index contributed by atoms with van der Waals surface area (Å²) in [6.07, 6.45) is 1.98. The molecule has 1 atom stereocenters. The number of nitrogens with one attached hydrogen (secondary N) is 2. The Labute approximate surface area is 118 Å². The molecule has 0 heterocycles. The number of carboxylic acids is 1. The fourth-order valence-electron chi connectivity index (χ4n) is 2.23. The summed E-state index contributed by atoms with van der Waals surface area (Å²) in [4.78, 5) is 22.6. The Bertz CT molecular complexity index is 498. The maximum absolute atomic E-state index is 11.8. The second-order valence-corrected chi connectivity index (χ2v) is 5.30. The predicted octanol–water partition coefficient (Wildman–Crippen LogP) is 2.05. The van der Waals surface area contributed by atoms with Crippen molar-refractivity contribution >= 4 is 12.0 Å². The molecule has 1 unspecified atom stereocenters. The molecule has 0 aliphatic heterocycles. The van der Waals surface area contributed by atoms with Crippen LogP contribution in [0.5, 0.6) is 0 Å². The van der Waals surface area contributed by atoms with E-state index < -0.39 is 5.97 Å². The highest BCUT2D eigenvalue weighted by molar-refractivity contribution is 5.75. The summed E-state index contributed by atoms with van der Waals surface area (Å²) in [7, 11) is 0. The molecular weight excluding hydrogens is 256 g/mol. The van der Waals surface area contributed by atoms with Crippen LogP contribution in [-0.2, 0) is 11.3 Å². The molecule has 1 aromatic rings. The van der Waals surface area contributed by atoms with Crippen molar-refractivity contribution in [2.75, 3.05) is 0 Å². The standard InChI is InChI=1S/C15H20N2O3/c1-10-4-2-3-5-12(10)9-16-15(20)17-13(8-14(18)19)11-6-7-11/h2-5,11,13H,6-9H2,1H3,(H,18,19)(H2,16,17,20). The zero-order chi connectivity index (χ0) is 14.5. The van der Waals surface area contributed by atoms with Gasteiger partial charge < -0.3 is 15.7 Å². The van der Waals surface area contributed by atoms with Gasteiger partial charge in [-0.25, -0.2) is 4.79 Å². The Kier molecular flexibility index (Phi) is 4.61. The molecule has 0 bridgehead atoms. The van der Waals surface area contributed by atoms with E-state index in [9.17, 15) is 9.59 Å². The summed E-state index contributed by atoms with van der Waals surface area (Å²) in [6, 6.07) is 7.28. The maximum Gasteiger partial charge on any atom is 0.315 e. The third-order valence-corrected chi connectivity index (χ3v) is 3.60. The van der Waals surface area contributed by atoms with E-state index in [4.69, 9.17) is 5.11 Å². The molecule has 1 aliphatic rings. The lowest BCUT2D eigenvalue weighted by Crippen LogP contribution is -2.43. The van der Waals surface area contributed by atoms with E-state index in [-0.39, 0.29) is 18.5 Å². The smallest absolute Gasteiger partial charge is 0.315 e. The Balaban J connectivity index is 1.82. The molecule has 20 heavy (non-hydrogen) atoms. The first-order valence-electron chi connectivity index (χ1n) is 6.87. The summed E-state index contributed by atoms with van der Waals surface area (Å²) >= 11 is 0. The van der Waals surface area contributed by atoms with Gasteiger partial charge >= 0.3 is 12.0 Å². The number of carbonyl (C=O) groups excluding carboxylic acids is 1. The Morgan fingerprint density at radius 3 is 2.65 bits per heavy atom. The normalized spacial score (nSPS) is 15.4. The minimum atomic E-state index is -0.874. The molecule has 5 heteroatoms. The van der Waals surface area contributed by atoms with Crippen LogP contribution in [0.25, 0.3) is 0 Å². The van der Waals surface area contributed by atoms with Gasteiger partial charge in [-0.2, -0.15) is 0 Å². The van der Waals surface area contributed by atoms with Crippen LogP contribution in [0.2, 0.25) is 0 Å². The molecular formula is C15H20N2O3. The SMILES string of the molecule is Cc1ccccc1CNC(=O)NC(CC(=O)O)C1CC1. The predicted molar refractivity (Wildman–Crippen MR) is 75.3 cm³/mol. The van der Waals surface area contributed by atoms with Gasteiger partial charge in [0.1, 0.15) is 0 Å². The lowest BCUT2D eigenvalue weighted by Gasteiger charge is -2.17. The third kappa shape index (κ3) is 4.26. The van der Waals surface area contributed by atoms with E-state index >= 15 is 0 Å². The van der Waals surface area contributed by atoms with Crippen LogP contribution < -0.4 is 10.6 Å². The topological polar surface area (TPSA) is 78.4 Å². The first kappa shape index (κ1) is 14.4. The van der Waals surface area contributed by atoms with E-state index in [2.05, 4.69) is 10.6 Å². The molecule has 5 nitrogen and oxygen atoms in total. The third-order valence-electron chi connectivity index (χ3n) is 3.60. The molecule has 1 aliphatic carbocycles. The van der Waals surface area contributed by atoms with Crippen molar-refractivity contribution in [3.63, 3.8) is 0 Å². The Morgan fingerprint density at radius 1 is 1.35 bits per heavy atom. The molecule has 0 aromatic heterocycles. The van der Waals surface area contributed by atoms with E-state index in [1.54, 1.807) is 0 Å². The second kappa shape index (κ2) is 6.41. The number of aliphatic carboxylic acids is 1. The molecule has 1 fully saturated rings. The number of carboxylic acid groups (broad SMARTS) is 1. The zero-order valence-electron chi connectivity index (χ0n) is 11.6. The van der Waals surface area contributed by atoms with Gasteiger partial charge in [-0.1, -0.05) is 24.3 Å². The van der Waals surface area contributed by atoms with Crippen molar-refractivity contribution < 1.29 is 14.7 Å². The molecule has 0 spiro atoms. The number of amides is 2. The minimum Gasteiger partial charge on any atom is -0.481 e. The van der Waals surface area contributed by atoms with E-state index in [1.807, 2.05) is 31.2 Å². The quantitative estimate of drug-likeness (QED) is 0.744. The van der Waals surface area contributed by atoms with E-state index in [0.29, 0.717) is 12.5 Å². The van der Waals surface area contributed by atoms with Gasteiger partial charge in [-0.15, -0.1) is 0 Å². The minimum absolute atomic E-state index is 0.0115. The summed E-state index contributed by atoms with van der Waals surface area (Å²) < 4.78 is 0. The molecule has 3 N–H and O–H groups in total. The van der Waals surface area contributed by atoms with Crippen LogP contribution in [0.3, 0.4) is 0 Å². The summed E-state index contributed by atoms with van der Waals surface area (Å²) in [5.41, 5.74) is 2.18. The van der Waals surface area contributed by atoms with Gasteiger partial charge in [0.05, 0.1) is 6.42 Å². The van der Waals surface area contributed by atoms with Crippen LogP contribution in [-0.4, -0.2) is 23.1 Å².